The van der Waals surface area contributed by atoms with Crippen molar-refractivity contribution in [2.75, 3.05) is 13.7 Å². The molecule has 130 valence electrons. The standard InChI is InChI=1S/C18H21N5O2/c1-11-13(10-22(2)21-11)14-7-5-9-23(14)18(24)17-12-6-4-8-15(25-3)16(12)19-20-17/h4,6,8,10,14H,5,7,9H2,1-3H3,(H,19,20). The summed E-state index contributed by atoms with van der Waals surface area (Å²) in [4.78, 5) is 15.1. The number of fused-ring (bicyclic) bond motifs is 1. The summed E-state index contributed by atoms with van der Waals surface area (Å²) in [6.07, 6.45) is 3.94. The molecule has 0 bridgehead atoms. The molecule has 4 rings (SSSR count). The van der Waals surface area contributed by atoms with Gasteiger partial charge in [-0.2, -0.15) is 10.2 Å². The maximum absolute atomic E-state index is 13.2. The van der Waals surface area contributed by atoms with Crippen LogP contribution in [0, 0.1) is 6.92 Å². The van der Waals surface area contributed by atoms with E-state index in [4.69, 9.17) is 4.74 Å². The average Bonchev–Trinajstić information content (AvgIpc) is 3.31. The molecule has 0 saturated carbocycles. The highest BCUT2D eigenvalue weighted by molar-refractivity contribution is 6.06. The van der Waals surface area contributed by atoms with Gasteiger partial charge < -0.3 is 9.64 Å². The van der Waals surface area contributed by atoms with Gasteiger partial charge in [0.15, 0.2) is 5.69 Å². The lowest BCUT2D eigenvalue weighted by molar-refractivity contribution is 0.0731. The first kappa shape index (κ1) is 15.7. The van der Waals surface area contributed by atoms with Gasteiger partial charge in [-0.25, -0.2) is 0 Å². The van der Waals surface area contributed by atoms with Gasteiger partial charge in [0.2, 0.25) is 0 Å². The third-order valence-electron chi connectivity index (χ3n) is 4.91. The molecular weight excluding hydrogens is 318 g/mol. The summed E-state index contributed by atoms with van der Waals surface area (Å²) < 4.78 is 7.15. The third-order valence-corrected chi connectivity index (χ3v) is 4.91. The molecule has 1 fully saturated rings. The Hall–Kier alpha value is -2.83. The first-order chi connectivity index (χ1) is 12.1. The summed E-state index contributed by atoms with van der Waals surface area (Å²) in [5.41, 5.74) is 3.29. The number of aromatic amines is 1. The Morgan fingerprint density at radius 2 is 2.24 bits per heavy atom. The molecule has 7 nitrogen and oxygen atoms in total. The number of hydrogen-bond donors (Lipinski definition) is 1. The van der Waals surface area contributed by atoms with Gasteiger partial charge in [0.25, 0.3) is 5.91 Å². The minimum atomic E-state index is -0.0507. The van der Waals surface area contributed by atoms with Crippen molar-refractivity contribution in [1.82, 2.24) is 24.9 Å². The number of benzene rings is 1. The number of nitrogens with zero attached hydrogens (tertiary/aromatic N) is 4. The summed E-state index contributed by atoms with van der Waals surface area (Å²) in [5, 5.41) is 12.4. The van der Waals surface area contributed by atoms with Gasteiger partial charge in [0.1, 0.15) is 11.3 Å². The number of aryl methyl sites for hydroxylation is 2. The van der Waals surface area contributed by atoms with E-state index < -0.39 is 0 Å². The van der Waals surface area contributed by atoms with Crippen molar-refractivity contribution < 1.29 is 9.53 Å². The van der Waals surface area contributed by atoms with Crippen LogP contribution in [0.25, 0.3) is 10.9 Å². The predicted octanol–water partition coefficient (Wildman–Crippen LogP) is 2.59. The zero-order chi connectivity index (χ0) is 17.6. The summed E-state index contributed by atoms with van der Waals surface area (Å²) in [6, 6.07) is 5.68. The molecule has 25 heavy (non-hydrogen) atoms. The number of para-hydroxylation sites is 1. The van der Waals surface area contributed by atoms with Crippen LogP contribution >= 0.6 is 0 Å². The van der Waals surface area contributed by atoms with Crippen LogP contribution in [0.1, 0.15) is 40.6 Å². The fourth-order valence-corrected chi connectivity index (χ4v) is 3.76. The lowest BCUT2D eigenvalue weighted by Crippen LogP contribution is -2.31. The first-order valence-electron chi connectivity index (χ1n) is 8.42. The number of likely N-dealkylation sites (tertiary alicyclic amines) is 1. The topological polar surface area (TPSA) is 76.0 Å². The molecule has 1 saturated heterocycles. The highest BCUT2D eigenvalue weighted by Gasteiger charge is 2.34. The molecule has 1 aromatic carbocycles. The monoisotopic (exact) mass is 339 g/mol. The van der Waals surface area contributed by atoms with E-state index in [1.807, 2.05) is 43.3 Å². The van der Waals surface area contributed by atoms with Crippen LogP contribution in [0.3, 0.4) is 0 Å². The van der Waals surface area contributed by atoms with Crippen molar-refractivity contribution in [3.05, 3.63) is 41.3 Å². The van der Waals surface area contributed by atoms with Crippen molar-refractivity contribution in [1.29, 1.82) is 0 Å². The van der Waals surface area contributed by atoms with Crippen LogP contribution in [-0.2, 0) is 7.05 Å². The van der Waals surface area contributed by atoms with Crippen LogP contribution in [0.4, 0.5) is 0 Å². The fraction of sp³-hybridized carbons (Fsp3) is 0.389. The Morgan fingerprint density at radius 1 is 1.40 bits per heavy atom. The molecule has 3 heterocycles. The minimum Gasteiger partial charge on any atom is -0.494 e. The molecule has 1 unspecified atom stereocenters. The maximum Gasteiger partial charge on any atom is 0.275 e. The van der Waals surface area contributed by atoms with E-state index in [9.17, 15) is 4.79 Å². The van der Waals surface area contributed by atoms with E-state index >= 15 is 0 Å². The lowest BCUT2D eigenvalue weighted by Gasteiger charge is -2.23. The zero-order valence-corrected chi connectivity index (χ0v) is 14.6. The van der Waals surface area contributed by atoms with Crippen molar-refractivity contribution in [3.8, 4) is 5.75 Å². The number of H-pyrrole nitrogens is 1. The highest BCUT2D eigenvalue weighted by atomic mass is 16.5. The van der Waals surface area contributed by atoms with Gasteiger partial charge in [-0.05, 0) is 25.8 Å². The Kier molecular flexibility index (Phi) is 3.71. The molecule has 1 amide bonds. The summed E-state index contributed by atoms with van der Waals surface area (Å²) >= 11 is 0. The van der Waals surface area contributed by atoms with Gasteiger partial charge in [0, 0.05) is 30.7 Å². The second-order valence-corrected chi connectivity index (χ2v) is 6.46. The van der Waals surface area contributed by atoms with E-state index in [2.05, 4.69) is 15.3 Å². The molecule has 7 heteroatoms. The number of aromatic nitrogens is 4. The molecule has 1 aliphatic heterocycles. The van der Waals surface area contributed by atoms with Crippen molar-refractivity contribution in [2.24, 2.45) is 7.05 Å². The fourth-order valence-electron chi connectivity index (χ4n) is 3.76. The largest absolute Gasteiger partial charge is 0.494 e. The van der Waals surface area contributed by atoms with Crippen LogP contribution in [0.15, 0.2) is 24.4 Å². The molecule has 1 atom stereocenters. The summed E-state index contributed by atoms with van der Waals surface area (Å²) in [5.74, 6) is 0.635. The van der Waals surface area contributed by atoms with E-state index in [1.165, 1.54) is 0 Å². The maximum atomic E-state index is 13.2. The summed E-state index contributed by atoms with van der Waals surface area (Å²) in [6.45, 7) is 2.72. The number of rotatable bonds is 3. The Bertz CT molecular complexity index is 942. The molecule has 2 aromatic heterocycles. The molecule has 1 N–H and O–H groups in total. The Balaban J connectivity index is 1.72. The van der Waals surface area contributed by atoms with Crippen LogP contribution < -0.4 is 4.74 Å². The quantitative estimate of drug-likeness (QED) is 0.796. The Labute approximate surface area is 145 Å². The number of amides is 1. The van der Waals surface area contributed by atoms with E-state index in [0.717, 1.165) is 41.5 Å². The van der Waals surface area contributed by atoms with Crippen molar-refractivity contribution in [2.45, 2.75) is 25.8 Å². The van der Waals surface area contributed by atoms with Gasteiger partial charge in [-0.3, -0.25) is 14.6 Å². The molecule has 0 aliphatic carbocycles. The van der Waals surface area contributed by atoms with Crippen LogP contribution in [0.5, 0.6) is 5.75 Å². The predicted molar refractivity (Wildman–Crippen MR) is 93.6 cm³/mol. The first-order valence-corrected chi connectivity index (χ1v) is 8.42. The number of hydrogen-bond acceptors (Lipinski definition) is 4. The zero-order valence-electron chi connectivity index (χ0n) is 14.6. The van der Waals surface area contributed by atoms with E-state index in [0.29, 0.717) is 11.4 Å². The van der Waals surface area contributed by atoms with E-state index in [-0.39, 0.29) is 11.9 Å². The van der Waals surface area contributed by atoms with E-state index in [1.54, 1.807) is 11.8 Å². The van der Waals surface area contributed by atoms with Gasteiger partial charge >= 0.3 is 0 Å². The number of carbonyl (C=O) groups is 1. The van der Waals surface area contributed by atoms with Gasteiger partial charge in [-0.1, -0.05) is 12.1 Å². The number of carbonyl (C=O) groups excluding carboxylic acids is 1. The molecule has 0 spiro atoms. The average molecular weight is 339 g/mol. The van der Waals surface area contributed by atoms with Gasteiger partial charge in [0.05, 0.1) is 18.8 Å². The molecule has 3 aromatic rings. The molecule has 1 aliphatic rings. The smallest absolute Gasteiger partial charge is 0.275 e. The van der Waals surface area contributed by atoms with Crippen LogP contribution in [0.2, 0.25) is 0 Å². The SMILES string of the molecule is COc1cccc2c(C(=O)N3CCCC3c3cn(C)nc3C)n[nH]c12. The number of methoxy groups -OCH3 is 1. The Morgan fingerprint density at radius 3 is 2.96 bits per heavy atom. The van der Waals surface area contributed by atoms with Gasteiger partial charge in [-0.15, -0.1) is 0 Å². The van der Waals surface area contributed by atoms with Crippen LogP contribution in [-0.4, -0.2) is 44.4 Å². The minimum absolute atomic E-state index is 0.0507. The molecule has 0 radical (unpaired) electrons. The van der Waals surface area contributed by atoms with Crippen molar-refractivity contribution in [3.63, 3.8) is 0 Å². The summed E-state index contributed by atoms with van der Waals surface area (Å²) in [7, 11) is 3.52. The third kappa shape index (κ3) is 2.47. The molecular formula is C18H21N5O2. The highest BCUT2D eigenvalue weighted by Crippen LogP contribution is 2.35. The second-order valence-electron chi connectivity index (χ2n) is 6.46. The second kappa shape index (κ2) is 5.91. The van der Waals surface area contributed by atoms with Crippen molar-refractivity contribution >= 4 is 16.8 Å². The number of ether oxygens (including phenoxy) is 1. The number of nitrogens with one attached hydrogen (secondary N) is 1. The normalized spacial score (nSPS) is 17.4. The lowest BCUT2D eigenvalue weighted by atomic mass is 10.1.